The molecule has 6 rings (SSSR count). The van der Waals surface area contributed by atoms with Gasteiger partial charge in [-0.2, -0.15) is 30.8 Å². The van der Waals surface area contributed by atoms with E-state index in [4.69, 9.17) is 0 Å². The van der Waals surface area contributed by atoms with Crippen LogP contribution in [-0.4, -0.2) is 49.4 Å². The van der Waals surface area contributed by atoms with Gasteiger partial charge in [-0.3, -0.25) is 9.13 Å². The molecule has 214 valence electrons. The van der Waals surface area contributed by atoms with E-state index >= 15 is 0 Å². The SMILES string of the molecule is Cn1c(=O)n(CC(F)(F)F)c2cc(N3C=C(C(=O)O)C(=O)[N+]4(C[C@@]45CCc4c(C(F)(F)F)cccc45)C3=O)ccc21. The van der Waals surface area contributed by atoms with Gasteiger partial charge in [0, 0.05) is 25.2 Å². The van der Waals surface area contributed by atoms with E-state index in [1.807, 2.05) is 0 Å². The zero-order chi connectivity index (χ0) is 29.9. The molecule has 2 atom stereocenters. The summed E-state index contributed by atoms with van der Waals surface area (Å²) < 4.78 is 81.2. The minimum Gasteiger partial charge on any atom is -0.477 e. The average molecular weight is 581 g/mol. The highest BCUT2D eigenvalue weighted by molar-refractivity contribution is 6.20. The first-order valence-electron chi connectivity index (χ1n) is 12.2. The van der Waals surface area contributed by atoms with Crippen LogP contribution in [0.4, 0.5) is 36.8 Å². The van der Waals surface area contributed by atoms with Gasteiger partial charge in [0.2, 0.25) is 0 Å². The van der Waals surface area contributed by atoms with Crippen LogP contribution in [0.25, 0.3) is 11.0 Å². The number of hydrogen-bond acceptors (Lipinski definition) is 4. The number of nitrogens with zero attached hydrogens (tertiary/aromatic N) is 4. The summed E-state index contributed by atoms with van der Waals surface area (Å²) in [5.41, 5.74) is -4.32. The molecule has 3 aromatic rings. The quantitative estimate of drug-likeness (QED) is 0.218. The number of carboxylic acids is 1. The number of imide groups is 1. The zero-order valence-electron chi connectivity index (χ0n) is 21.0. The van der Waals surface area contributed by atoms with E-state index in [0.717, 1.165) is 33.9 Å². The fourth-order valence-electron chi connectivity index (χ4n) is 6.39. The maximum Gasteiger partial charge on any atom is 0.436 e. The number of urea groups is 1. The number of quaternary nitrogens is 1. The number of carbonyl (C=O) groups is 3. The van der Waals surface area contributed by atoms with Crippen LogP contribution in [0.5, 0.6) is 0 Å². The summed E-state index contributed by atoms with van der Waals surface area (Å²) in [4.78, 5) is 53.0. The Bertz CT molecular complexity index is 1800. The minimum atomic E-state index is -4.76. The number of imidazole rings is 1. The van der Waals surface area contributed by atoms with Crippen molar-refractivity contribution in [1.29, 1.82) is 0 Å². The Kier molecular flexibility index (Phi) is 5.29. The standard InChI is InChI=1S/C26H18F6N4O5/c1-33-18-6-5-13(9-19(18)35(22(33)40)11-25(27,28)29)34-10-15(21(38)39)20(37)36(23(34)41)12-24(36)8-7-14-16(24)3-2-4-17(14)26(30,31)32/h2-6,9-10H,7-8,11-12H2,1H3/p+1/t24-,36?/m1/s1. The zero-order valence-corrected chi connectivity index (χ0v) is 21.0. The van der Waals surface area contributed by atoms with Crippen molar-refractivity contribution in [3.8, 4) is 0 Å². The van der Waals surface area contributed by atoms with E-state index in [2.05, 4.69) is 0 Å². The molecule has 1 aromatic heterocycles. The number of benzene rings is 2. The maximum absolute atomic E-state index is 14.0. The minimum absolute atomic E-state index is 0.0313. The molecule has 2 spiro atoms. The number of aryl methyl sites for hydroxylation is 1. The molecule has 0 radical (unpaired) electrons. The normalized spacial score (nSPS) is 24.0. The summed E-state index contributed by atoms with van der Waals surface area (Å²) in [7, 11) is 1.26. The van der Waals surface area contributed by atoms with Crippen molar-refractivity contribution in [1.82, 2.24) is 9.13 Å². The summed E-state index contributed by atoms with van der Waals surface area (Å²) in [5.74, 6) is -2.79. The number of carbonyl (C=O) groups excluding carboxylic acids is 2. The third kappa shape index (κ3) is 3.54. The lowest BCUT2D eigenvalue weighted by atomic mass is 9.97. The number of alkyl halides is 6. The van der Waals surface area contributed by atoms with Crippen LogP contribution < -0.4 is 10.6 Å². The molecule has 41 heavy (non-hydrogen) atoms. The fraction of sp³-hybridized carbons (Fsp3) is 0.308. The lowest BCUT2D eigenvalue weighted by Gasteiger charge is -2.30. The lowest BCUT2D eigenvalue weighted by Crippen LogP contribution is -2.55. The molecule has 3 heterocycles. The van der Waals surface area contributed by atoms with E-state index in [1.54, 1.807) is 0 Å². The molecule has 1 unspecified atom stereocenters. The summed E-state index contributed by atoms with van der Waals surface area (Å²) in [6.07, 6.45) is -8.83. The number of amides is 3. The Labute approximate surface area is 225 Å². The van der Waals surface area contributed by atoms with Crippen LogP contribution in [-0.2, 0) is 41.3 Å². The van der Waals surface area contributed by atoms with E-state index in [-0.39, 0.29) is 47.2 Å². The van der Waals surface area contributed by atoms with Crippen molar-refractivity contribution < 1.29 is 50.3 Å². The molecule has 0 bridgehead atoms. The molecule has 1 saturated heterocycles. The summed E-state index contributed by atoms with van der Waals surface area (Å²) in [5, 5.41) is 9.82. The van der Waals surface area contributed by atoms with Crippen molar-refractivity contribution in [2.45, 2.75) is 37.3 Å². The molecule has 3 amide bonds. The Balaban J connectivity index is 1.51. The first kappa shape index (κ1) is 26.8. The number of hydrogen-bond donors (Lipinski definition) is 1. The molecule has 2 aromatic carbocycles. The molecule has 1 fully saturated rings. The maximum atomic E-state index is 14.0. The van der Waals surface area contributed by atoms with Crippen LogP contribution in [0, 0.1) is 0 Å². The molecule has 1 N–H and O–H groups in total. The molecule has 15 heteroatoms. The number of aromatic nitrogens is 2. The first-order valence-corrected chi connectivity index (χ1v) is 12.2. The van der Waals surface area contributed by atoms with E-state index in [1.165, 1.54) is 25.2 Å². The van der Waals surface area contributed by atoms with Gasteiger partial charge >= 0.3 is 35.9 Å². The van der Waals surface area contributed by atoms with Gasteiger partial charge in [-0.15, -0.1) is 0 Å². The molecule has 1 aliphatic carbocycles. The number of rotatable bonds is 3. The second-order valence-corrected chi connectivity index (χ2v) is 10.4. The van der Waals surface area contributed by atoms with Crippen LogP contribution in [0.2, 0.25) is 0 Å². The van der Waals surface area contributed by atoms with E-state index in [9.17, 15) is 50.6 Å². The van der Waals surface area contributed by atoms with Gasteiger partial charge in [0.1, 0.15) is 6.54 Å². The van der Waals surface area contributed by atoms with Crippen molar-refractivity contribution in [2.24, 2.45) is 7.05 Å². The lowest BCUT2D eigenvalue weighted by molar-refractivity contribution is -0.666. The summed E-state index contributed by atoms with van der Waals surface area (Å²) >= 11 is 0. The Morgan fingerprint density at radius 2 is 1.76 bits per heavy atom. The molecule has 2 aliphatic heterocycles. The number of carboxylic acid groups (broad SMARTS) is 1. The highest BCUT2D eigenvalue weighted by atomic mass is 19.4. The third-order valence-electron chi connectivity index (χ3n) is 8.24. The Morgan fingerprint density at radius 1 is 1.05 bits per heavy atom. The number of fused-ring (bicyclic) bond motifs is 4. The summed E-state index contributed by atoms with van der Waals surface area (Å²) in [6.45, 7) is -1.91. The molecule has 0 saturated carbocycles. The van der Waals surface area contributed by atoms with Crippen molar-refractivity contribution in [2.75, 3.05) is 11.4 Å². The predicted molar refractivity (Wildman–Crippen MR) is 128 cm³/mol. The highest BCUT2D eigenvalue weighted by Crippen LogP contribution is 2.62. The van der Waals surface area contributed by atoms with E-state index in [0.29, 0.717) is 4.57 Å². The van der Waals surface area contributed by atoms with Crippen molar-refractivity contribution in [3.05, 3.63) is 75.3 Å². The van der Waals surface area contributed by atoms with Crippen LogP contribution >= 0.6 is 0 Å². The predicted octanol–water partition coefficient (Wildman–Crippen LogP) is 4.03. The van der Waals surface area contributed by atoms with Gasteiger partial charge in [0.15, 0.2) is 17.7 Å². The van der Waals surface area contributed by atoms with Crippen LogP contribution in [0.3, 0.4) is 0 Å². The third-order valence-corrected chi connectivity index (χ3v) is 8.24. The van der Waals surface area contributed by atoms with Gasteiger partial charge in [-0.05, 0) is 36.2 Å². The average Bonchev–Trinajstić information content (AvgIpc) is 3.34. The van der Waals surface area contributed by atoms with Crippen LogP contribution in [0.15, 0.2) is 53.0 Å². The number of aliphatic carboxylic acids is 1. The van der Waals surface area contributed by atoms with Gasteiger partial charge < -0.3 is 5.11 Å². The van der Waals surface area contributed by atoms with Crippen molar-refractivity contribution in [3.63, 3.8) is 0 Å². The van der Waals surface area contributed by atoms with Gasteiger partial charge in [-0.1, -0.05) is 12.1 Å². The monoisotopic (exact) mass is 581 g/mol. The fourth-order valence-corrected chi connectivity index (χ4v) is 6.39. The molecule has 3 aliphatic rings. The smallest absolute Gasteiger partial charge is 0.436 e. The highest BCUT2D eigenvalue weighted by Gasteiger charge is 2.83. The molecular weight excluding hydrogens is 562 g/mol. The van der Waals surface area contributed by atoms with Crippen LogP contribution in [0.1, 0.15) is 23.1 Å². The topological polar surface area (TPSA) is 102 Å². The van der Waals surface area contributed by atoms with Gasteiger partial charge in [0.05, 0.1) is 22.3 Å². The number of halogens is 6. The first-order chi connectivity index (χ1) is 19.0. The van der Waals surface area contributed by atoms with E-state index < -0.39 is 63.7 Å². The summed E-state index contributed by atoms with van der Waals surface area (Å²) in [6, 6.07) is 6.14. The second-order valence-electron chi connectivity index (χ2n) is 10.4. The van der Waals surface area contributed by atoms with Crippen molar-refractivity contribution >= 4 is 34.6 Å². The largest absolute Gasteiger partial charge is 0.477 e. The molecule has 9 nitrogen and oxygen atoms in total. The van der Waals surface area contributed by atoms with Gasteiger partial charge in [-0.25, -0.2) is 24.1 Å². The molecular formula is C26H19F6N4O5+. The number of anilines is 1. The second kappa shape index (κ2) is 8.09. The van der Waals surface area contributed by atoms with Gasteiger partial charge in [0.25, 0.3) is 0 Å². The Hall–Kier alpha value is -4.40. The Morgan fingerprint density at radius 3 is 2.39 bits per heavy atom.